The Labute approximate surface area is 114 Å². The number of aryl methyl sites for hydroxylation is 1. The van der Waals surface area contributed by atoms with Crippen LogP contribution >= 0.6 is 0 Å². The second-order valence-electron chi connectivity index (χ2n) is 4.12. The van der Waals surface area contributed by atoms with Crippen molar-refractivity contribution in [2.75, 3.05) is 0 Å². The van der Waals surface area contributed by atoms with Gasteiger partial charge in [0, 0.05) is 23.7 Å². The van der Waals surface area contributed by atoms with Crippen molar-refractivity contribution in [1.29, 1.82) is 0 Å². The minimum Gasteiger partial charge on any atom is -0.361 e. The first kappa shape index (κ1) is 13.9. The van der Waals surface area contributed by atoms with Crippen molar-refractivity contribution in [3.63, 3.8) is 0 Å². The molecule has 6 heteroatoms. The molecule has 1 N–H and O–H groups in total. The molecule has 0 aliphatic carbocycles. The summed E-state index contributed by atoms with van der Waals surface area (Å²) in [5.41, 5.74) is 0.769. The average molecular weight is 278 g/mol. The molecule has 1 heterocycles. The first-order valence-electron chi connectivity index (χ1n) is 5.87. The monoisotopic (exact) mass is 278 g/mol. The first-order chi connectivity index (χ1) is 9.56. The lowest BCUT2D eigenvalue weighted by Gasteiger charge is -2.00. The third-order valence-electron chi connectivity index (χ3n) is 2.68. The van der Waals surface area contributed by atoms with Crippen LogP contribution in [0.4, 0.5) is 8.78 Å². The molecule has 0 fully saturated rings. The molecule has 0 radical (unpaired) electrons. The molecular weight excluding hydrogens is 266 g/mol. The molecule has 0 aliphatic heterocycles. The molecule has 0 saturated carbocycles. The predicted octanol–water partition coefficient (Wildman–Crippen LogP) is 2.59. The summed E-state index contributed by atoms with van der Waals surface area (Å²) in [5, 5.41) is 6.17. The highest BCUT2D eigenvalue weighted by molar-refractivity contribution is 5.91. The summed E-state index contributed by atoms with van der Waals surface area (Å²) in [4.78, 5) is 11.6. The van der Waals surface area contributed by atoms with Gasteiger partial charge in [-0.25, -0.2) is 8.78 Å². The van der Waals surface area contributed by atoms with Crippen molar-refractivity contribution >= 4 is 12.0 Å². The number of hydrogen-bond donors (Lipinski definition) is 1. The van der Waals surface area contributed by atoms with Crippen LogP contribution in [-0.2, 0) is 11.3 Å². The number of carbonyl (C=O) groups is 1. The second kappa shape index (κ2) is 6.10. The third-order valence-corrected chi connectivity index (χ3v) is 2.68. The highest BCUT2D eigenvalue weighted by Crippen LogP contribution is 2.11. The zero-order valence-electron chi connectivity index (χ0n) is 10.7. The van der Waals surface area contributed by atoms with Crippen molar-refractivity contribution in [2.45, 2.75) is 13.5 Å². The van der Waals surface area contributed by atoms with Crippen LogP contribution in [0.25, 0.3) is 6.08 Å². The van der Waals surface area contributed by atoms with Crippen molar-refractivity contribution in [3.05, 3.63) is 59.0 Å². The topological polar surface area (TPSA) is 55.1 Å². The molecule has 104 valence electrons. The van der Waals surface area contributed by atoms with Gasteiger partial charge in [-0.05, 0) is 31.2 Å². The lowest BCUT2D eigenvalue weighted by molar-refractivity contribution is -0.116. The van der Waals surface area contributed by atoms with Crippen LogP contribution in [0.5, 0.6) is 0 Å². The van der Waals surface area contributed by atoms with E-state index >= 15 is 0 Å². The van der Waals surface area contributed by atoms with Gasteiger partial charge in [-0.2, -0.15) is 0 Å². The van der Waals surface area contributed by atoms with E-state index in [1.807, 2.05) is 0 Å². The number of benzene rings is 1. The fourth-order valence-corrected chi connectivity index (χ4v) is 1.54. The molecule has 0 bridgehead atoms. The molecule has 20 heavy (non-hydrogen) atoms. The minimum atomic E-state index is -0.592. The van der Waals surface area contributed by atoms with E-state index < -0.39 is 17.5 Å². The predicted molar refractivity (Wildman–Crippen MR) is 68.5 cm³/mol. The maximum atomic E-state index is 13.3. The highest BCUT2D eigenvalue weighted by Gasteiger charge is 2.04. The molecule has 2 rings (SSSR count). The van der Waals surface area contributed by atoms with Crippen molar-refractivity contribution < 1.29 is 18.1 Å². The van der Waals surface area contributed by atoms with E-state index in [1.54, 1.807) is 6.92 Å². The molecule has 4 nitrogen and oxygen atoms in total. The van der Waals surface area contributed by atoms with E-state index in [4.69, 9.17) is 4.52 Å². The third kappa shape index (κ3) is 3.50. The van der Waals surface area contributed by atoms with E-state index in [0.29, 0.717) is 5.76 Å². The standard InChI is InChI=1S/C14H12F2N2O2/c1-9-11(8-18-20-9)7-17-14(19)5-2-10-6-12(15)3-4-13(10)16/h2-6,8H,7H2,1H3,(H,17,19). The fourth-order valence-electron chi connectivity index (χ4n) is 1.54. The fraction of sp³-hybridized carbons (Fsp3) is 0.143. The second-order valence-corrected chi connectivity index (χ2v) is 4.12. The number of nitrogens with zero attached hydrogens (tertiary/aromatic N) is 1. The maximum Gasteiger partial charge on any atom is 0.244 e. The summed E-state index contributed by atoms with van der Waals surface area (Å²) < 4.78 is 31.1. The molecule has 1 aromatic carbocycles. The number of nitrogens with one attached hydrogen (secondary N) is 1. The lowest BCUT2D eigenvalue weighted by atomic mass is 10.2. The Morgan fingerprint density at radius 1 is 1.45 bits per heavy atom. The quantitative estimate of drug-likeness (QED) is 0.875. The Bertz CT molecular complexity index is 650. The summed E-state index contributed by atoms with van der Waals surface area (Å²) in [6.07, 6.45) is 3.86. The number of rotatable bonds is 4. The number of aromatic nitrogens is 1. The summed E-state index contributed by atoms with van der Waals surface area (Å²) in [6, 6.07) is 3.04. The number of carbonyl (C=O) groups excluding carboxylic acids is 1. The first-order valence-corrected chi connectivity index (χ1v) is 5.87. The number of hydrogen-bond acceptors (Lipinski definition) is 3. The molecule has 1 aromatic heterocycles. The molecule has 0 saturated heterocycles. The lowest BCUT2D eigenvalue weighted by Crippen LogP contribution is -2.20. The van der Waals surface area contributed by atoms with Gasteiger partial charge in [0.1, 0.15) is 17.4 Å². The van der Waals surface area contributed by atoms with Crippen LogP contribution < -0.4 is 5.32 Å². The van der Waals surface area contributed by atoms with Crippen LogP contribution in [0.3, 0.4) is 0 Å². The Kier molecular flexibility index (Phi) is 4.24. The van der Waals surface area contributed by atoms with Gasteiger partial charge in [0.15, 0.2) is 0 Å². The van der Waals surface area contributed by atoms with E-state index in [2.05, 4.69) is 10.5 Å². The van der Waals surface area contributed by atoms with E-state index in [-0.39, 0.29) is 12.1 Å². The Balaban J connectivity index is 1.96. The summed E-state index contributed by atoms with van der Waals surface area (Å²) in [6.45, 7) is 1.98. The summed E-state index contributed by atoms with van der Waals surface area (Å²) in [7, 11) is 0. The molecule has 0 atom stereocenters. The van der Waals surface area contributed by atoms with Gasteiger partial charge in [0.05, 0.1) is 6.20 Å². The van der Waals surface area contributed by atoms with Gasteiger partial charge in [-0.15, -0.1) is 0 Å². The Morgan fingerprint density at radius 2 is 2.25 bits per heavy atom. The van der Waals surface area contributed by atoms with E-state index in [1.165, 1.54) is 12.3 Å². The number of amides is 1. The molecule has 0 unspecified atom stereocenters. The van der Waals surface area contributed by atoms with Crippen molar-refractivity contribution in [3.8, 4) is 0 Å². The normalized spacial score (nSPS) is 10.9. The van der Waals surface area contributed by atoms with Gasteiger partial charge in [0.25, 0.3) is 0 Å². The summed E-state index contributed by atoms with van der Waals surface area (Å²) in [5.74, 6) is -0.961. The summed E-state index contributed by atoms with van der Waals surface area (Å²) >= 11 is 0. The zero-order chi connectivity index (χ0) is 14.5. The SMILES string of the molecule is Cc1oncc1CNC(=O)C=Cc1cc(F)ccc1F. The number of halogens is 2. The molecule has 1 amide bonds. The Morgan fingerprint density at radius 3 is 2.95 bits per heavy atom. The van der Waals surface area contributed by atoms with Crippen LogP contribution in [0, 0.1) is 18.6 Å². The van der Waals surface area contributed by atoms with Crippen molar-refractivity contribution in [1.82, 2.24) is 10.5 Å². The van der Waals surface area contributed by atoms with Crippen LogP contribution in [0.2, 0.25) is 0 Å². The van der Waals surface area contributed by atoms with Gasteiger partial charge < -0.3 is 9.84 Å². The van der Waals surface area contributed by atoms with E-state index in [9.17, 15) is 13.6 Å². The smallest absolute Gasteiger partial charge is 0.244 e. The maximum absolute atomic E-state index is 13.3. The van der Waals surface area contributed by atoms with Gasteiger partial charge in [0.2, 0.25) is 5.91 Å². The van der Waals surface area contributed by atoms with Crippen LogP contribution in [-0.4, -0.2) is 11.1 Å². The van der Waals surface area contributed by atoms with Crippen LogP contribution in [0.1, 0.15) is 16.9 Å². The zero-order valence-corrected chi connectivity index (χ0v) is 10.7. The van der Waals surface area contributed by atoms with E-state index in [0.717, 1.165) is 29.8 Å². The molecule has 0 aliphatic rings. The van der Waals surface area contributed by atoms with Gasteiger partial charge >= 0.3 is 0 Å². The molecule has 0 spiro atoms. The molecule has 2 aromatic rings. The van der Waals surface area contributed by atoms with Gasteiger partial charge in [-0.1, -0.05) is 5.16 Å². The van der Waals surface area contributed by atoms with Crippen LogP contribution in [0.15, 0.2) is 35.0 Å². The Hall–Kier alpha value is -2.50. The minimum absolute atomic E-state index is 0.0151. The largest absolute Gasteiger partial charge is 0.361 e. The molecular formula is C14H12F2N2O2. The van der Waals surface area contributed by atoms with Gasteiger partial charge in [-0.3, -0.25) is 4.79 Å². The average Bonchev–Trinajstić information content (AvgIpc) is 2.83. The van der Waals surface area contributed by atoms with Crippen molar-refractivity contribution in [2.24, 2.45) is 0 Å². The highest BCUT2D eigenvalue weighted by atomic mass is 19.1.